The molecule has 1 atom stereocenters. The molecule has 0 saturated heterocycles. The molecule has 1 amide bonds. The number of likely N-dealkylation sites (N-methyl/N-ethyl adjacent to an activating group) is 1. The van der Waals surface area contributed by atoms with Crippen LogP contribution in [-0.4, -0.2) is 44.7 Å². The maximum atomic E-state index is 13.4. The number of carbonyl (C=O) groups excluding carboxylic acids is 2. The summed E-state index contributed by atoms with van der Waals surface area (Å²) < 4.78 is 20.3. The number of amides is 1. The van der Waals surface area contributed by atoms with E-state index in [4.69, 9.17) is 4.74 Å². The maximum absolute atomic E-state index is 13.4. The van der Waals surface area contributed by atoms with Crippen molar-refractivity contribution in [1.82, 2.24) is 19.7 Å². The van der Waals surface area contributed by atoms with E-state index in [1.165, 1.54) is 35.3 Å². The van der Waals surface area contributed by atoms with Crippen molar-refractivity contribution < 1.29 is 18.7 Å². The summed E-state index contributed by atoms with van der Waals surface area (Å²) in [4.78, 5) is 32.1. The van der Waals surface area contributed by atoms with Gasteiger partial charge in [-0.05, 0) is 48.2 Å². The predicted molar refractivity (Wildman–Crippen MR) is 122 cm³/mol. The zero-order valence-electron chi connectivity index (χ0n) is 18.0. The van der Waals surface area contributed by atoms with Gasteiger partial charge in [0.05, 0.1) is 10.6 Å². The highest BCUT2D eigenvalue weighted by Crippen LogP contribution is 2.25. The fourth-order valence-corrected chi connectivity index (χ4v) is 3.97. The summed E-state index contributed by atoms with van der Waals surface area (Å²) in [6.07, 6.45) is -1.06. The van der Waals surface area contributed by atoms with Gasteiger partial charge in [0.25, 0.3) is 11.7 Å². The van der Waals surface area contributed by atoms with Gasteiger partial charge >= 0.3 is 5.97 Å². The van der Waals surface area contributed by atoms with Crippen molar-refractivity contribution in [3.05, 3.63) is 89.3 Å². The number of esters is 1. The minimum Gasteiger partial charge on any atom is -0.447 e. The molecule has 2 heterocycles. The number of nitrogens with zero attached hydrogens (tertiary/aromatic N) is 4. The van der Waals surface area contributed by atoms with Crippen molar-refractivity contribution in [2.75, 3.05) is 7.05 Å². The van der Waals surface area contributed by atoms with Gasteiger partial charge in [-0.25, -0.2) is 13.9 Å². The molecule has 0 aliphatic carbocycles. The van der Waals surface area contributed by atoms with E-state index in [1.807, 2.05) is 47.8 Å². The summed E-state index contributed by atoms with van der Waals surface area (Å²) in [6.45, 7) is 1.67. The lowest BCUT2D eigenvalue weighted by atomic mass is 10.2. The predicted octanol–water partition coefficient (Wildman–Crippen LogP) is 4.34. The van der Waals surface area contributed by atoms with E-state index in [0.717, 1.165) is 10.6 Å². The average Bonchev–Trinajstić information content (AvgIpc) is 3.49. The summed E-state index contributed by atoms with van der Waals surface area (Å²) in [6, 6.07) is 19.1. The lowest BCUT2D eigenvalue weighted by Gasteiger charge is -2.21. The van der Waals surface area contributed by atoms with Crippen LogP contribution < -0.4 is 0 Å². The minimum absolute atomic E-state index is 0.144. The largest absolute Gasteiger partial charge is 0.447 e. The molecule has 168 valence electrons. The standard InChI is InChI=1S/C24H21FN4O3S/c1-16(23(30)28(2)15-17-8-6-9-18(25)14-17)32-24(31)21-26-22(20-12-7-13-33-20)29(27-21)19-10-4-3-5-11-19/h3-14,16H,15H2,1-2H3. The third kappa shape index (κ3) is 5.15. The van der Waals surface area contributed by atoms with Crippen molar-refractivity contribution >= 4 is 23.2 Å². The second kappa shape index (κ2) is 9.74. The Morgan fingerprint density at radius 3 is 2.61 bits per heavy atom. The minimum atomic E-state index is -1.06. The summed E-state index contributed by atoms with van der Waals surface area (Å²) in [7, 11) is 1.56. The lowest BCUT2D eigenvalue weighted by Crippen LogP contribution is -2.37. The molecule has 2 aromatic carbocycles. The second-order valence-electron chi connectivity index (χ2n) is 7.36. The van der Waals surface area contributed by atoms with Gasteiger partial charge < -0.3 is 9.64 Å². The molecule has 0 saturated carbocycles. The third-order valence-corrected chi connectivity index (χ3v) is 5.71. The molecule has 2 aromatic heterocycles. The smallest absolute Gasteiger partial charge is 0.379 e. The first-order chi connectivity index (χ1) is 15.9. The lowest BCUT2D eigenvalue weighted by molar-refractivity contribution is -0.139. The number of hydrogen-bond acceptors (Lipinski definition) is 6. The van der Waals surface area contributed by atoms with Crippen molar-refractivity contribution in [2.45, 2.75) is 19.6 Å². The first kappa shape index (κ1) is 22.3. The SMILES string of the molecule is CC(OC(=O)c1nc(-c2cccs2)n(-c2ccccc2)n1)C(=O)N(C)Cc1cccc(F)c1. The zero-order valence-corrected chi connectivity index (χ0v) is 18.8. The van der Waals surface area contributed by atoms with Crippen LogP contribution in [0.4, 0.5) is 4.39 Å². The van der Waals surface area contributed by atoms with Gasteiger partial charge in [-0.3, -0.25) is 4.79 Å². The fourth-order valence-electron chi connectivity index (χ4n) is 3.27. The van der Waals surface area contributed by atoms with Crippen LogP contribution in [0.3, 0.4) is 0 Å². The molecule has 4 aromatic rings. The van der Waals surface area contributed by atoms with E-state index in [9.17, 15) is 14.0 Å². The van der Waals surface area contributed by atoms with Crippen LogP contribution in [0.2, 0.25) is 0 Å². The Labute approximate surface area is 194 Å². The molecule has 33 heavy (non-hydrogen) atoms. The van der Waals surface area contributed by atoms with Crippen LogP contribution in [0.1, 0.15) is 23.1 Å². The molecule has 4 rings (SSSR count). The Bertz CT molecular complexity index is 1260. The highest BCUT2D eigenvalue weighted by molar-refractivity contribution is 7.13. The van der Waals surface area contributed by atoms with E-state index >= 15 is 0 Å². The molecule has 0 radical (unpaired) electrons. The Hall–Kier alpha value is -3.85. The van der Waals surface area contributed by atoms with Crippen LogP contribution in [-0.2, 0) is 16.1 Å². The van der Waals surface area contributed by atoms with Crippen LogP contribution in [0, 0.1) is 5.82 Å². The molecule has 1 unspecified atom stereocenters. The molecule has 7 nitrogen and oxygen atoms in total. The van der Waals surface area contributed by atoms with Gasteiger partial charge in [-0.1, -0.05) is 36.4 Å². The Kier molecular flexibility index (Phi) is 6.60. The highest BCUT2D eigenvalue weighted by atomic mass is 32.1. The first-order valence-corrected chi connectivity index (χ1v) is 11.1. The molecule has 9 heteroatoms. The van der Waals surface area contributed by atoms with Crippen molar-refractivity contribution in [3.63, 3.8) is 0 Å². The third-order valence-electron chi connectivity index (χ3n) is 4.85. The van der Waals surface area contributed by atoms with Crippen molar-refractivity contribution in [3.8, 4) is 16.4 Å². The van der Waals surface area contributed by atoms with Crippen LogP contribution in [0.5, 0.6) is 0 Å². The number of para-hydroxylation sites is 1. The first-order valence-electron chi connectivity index (χ1n) is 10.2. The number of carbonyl (C=O) groups is 2. The van der Waals surface area contributed by atoms with E-state index in [-0.39, 0.29) is 18.2 Å². The summed E-state index contributed by atoms with van der Waals surface area (Å²) in [5.74, 6) is -1.24. The number of rotatable bonds is 7. The van der Waals surface area contributed by atoms with Gasteiger partial charge in [0, 0.05) is 13.6 Å². The average molecular weight is 465 g/mol. The van der Waals surface area contributed by atoms with E-state index in [1.54, 1.807) is 23.9 Å². The van der Waals surface area contributed by atoms with Gasteiger partial charge in [0.2, 0.25) is 0 Å². The summed E-state index contributed by atoms with van der Waals surface area (Å²) in [5.41, 5.74) is 1.37. The molecule has 0 N–H and O–H groups in total. The number of thiophene rings is 1. The summed E-state index contributed by atoms with van der Waals surface area (Å²) >= 11 is 1.47. The van der Waals surface area contributed by atoms with Crippen molar-refractivity contribution in [1.29, 1.82) is 0 Å². The normalized spacial score (nSPS) is 11.7. The Balaban J connectivity index is 1.50. The van der Waals surface area contributed by atoms with E-state index in [2.05, 4.69) is 10.1 Å². The maximum Gasteiger partial charge on any atom is 0.379 e. The van der Waals surface area contributed by atoms with E-state index < -0.39 is 18.0 Å². The zero-order chi connectivity index (χ0) is 23.4. The van der Waals surface area contributed by atoms with Crippen LogP contribution in [0.25, 0.3) is 16.4 Å². The Morgan fingerprint density at radius 2 is 1.91 bits per heavy atom. The monoisotopic (exact) mass is 464 g/mol. The second-order valence-corrected chi connectivity index (χ2v) is 8.30. The molecular formula is C24H21FN4O3S. The Morgan fingerprint density at radius 1 is 1.12 bits per heavy atom. The quantitative estimate of drug-likeness (QED) is 0.380. The molecule has 0 spiro atoms. The number of hydrogen-bond donors (Lipinski definition) is 0. The van der Waals surface area contributed by atoms with Gasteiger partial charge in [-0.2, -0.15) is 4.98 Å². The molecule has 0 bridgehead atoms. The van der Waals surface area contributed by atoms with Gasteiger partial charge in [0.15, 0.2) is 11.9 Å². The topological polar surface area (TPSA) is 77.3 Å². The van der Waals surface area contributed by atoms with E-state index in [0.29, 0.717) is 11.4 Å². The van der Waals surface area contributed by atoms with Gasteiger partial charge in [-0.15, -0.1) is 16.4 Å². The number of ether oxygens (including phenoxy) is 1. The molecule has 0 fully saturated rings. The fraction of sp³-hybridized carbons (Fsp3) is 0.167. The van der Waals surface area contributed by atoms with Crippen LogP contribution >= 0.6 is 11.3 Å². The molecular weight excluding hydrogens is 443 g/mol. The van der Waals surface area contributed by atoms with Crippen molar-refractivity contribution in [2.24, 2.45) is 0 Å². The van der Waals surface area contributed by atoms with Gasteiger partial charge in [0.1, 0.15) is 5.82 Å². The molecule has 0 aliphatic rings. The number of halogens is 1. The van der Waals surface area contributed by atoms with Crippen LogP contribution in [0.15, 0.2) is 72.1 Å². The number of benzene rings is 2. The molecule has 0 aliphatic heterocycles. The highest BCUT2D eigenvalue weighted by Gasteiger charge is 2.26. The summed E-state index contributed by atoms with van der Waals surface area (Å²) in [5, 5.41) is 6.25. The number of aromatic nitrogens is 3.